The third-order valence-corrected chi connectivity index (χ3v) is 4.30. The highest BCUT2D eigenvalue weighted by atomic mass is 35.5. The maximum absolute atomic E-state index is 10.3. The van der Waals surface area contributed by atoms with Crippen LogP contribution in [0.15, 0.2) is 30.5 Å². The van der Waals surface area contributed by atoms with Crippen LogP contribution in [0.1, 0.15) is 13.2 Å². The van der Waals surface area contributed by atoms with Gasteiger partial charge in [0, 0.05) is 16.6 Å². The van der Waals surface area contributed by atoms with E-state index in [1.54, 1.807) is 16.8 Å². The van der Waals surface area contributed by atoms with E-state index in [0.29, 0.717) is 5.02 Å². The van der Waals surface area contributed by atoms with Gasteiger partial charge in [-0.1, -0.05) is 17.7 Å². The molecule has 5 nitrogen and oxygen atoms in total. The van der Waals surface area contributed by atoms with Crippen molar-refractivity contribution in [3.05, 3.63) is 35.5 Å². The van der Waals surface area contributed by atoms with Crippen LogP contribution >= 0.6 is 11.6 Å². The van der Waals surface area contributed by atoms with E-state index in [2.05, 4.69) is 0 Å². The number of aliphatic hydroxyl groups excluding tert-OH is 2. The first kappa shape index (κ1) is 13.9. The fourth-order valence-electron chi connectivity index (χ4n) is 2.68. The number of fused-ring (bicyclic) bond motifs is 1. The van der Waals surface area contributed by atoms with Crippen LogP contribution in [0, 0.1) is 0 Å². The molecule has 0 spiro atoms. The predicted octanol–water partition coefficient (Wildman–Crippen LogP) is 1.30. The fourth-order valence-corrected chi connectivity index (χ4v) is 2.91. The lowest BCUT2D eigenvalue weighted by atomic mass is 9.95. The van der Waals surface area contributed by atoms with Gasteiger partial charge < -0.3 is 24.6 Å². The van der Waals surface area contributed by atoms with Crippen LogP contribution in [-0.2, 0) is 4.74 Å². The van der Waals surface area contributed by atoms with Crippen LogP contribution in [0.2, 0.25) is 5.02 Å². The number of benzene rings is 1. The summed E-state index contributed by atoms with van der Waals surface area (Å²) in [6.45, 7) is 1.09. The zero-order valence-corrected chi connectivity index (χ0v) is 11.7. The normalized spacial score (nSPS) is 34.0. The van der Waals surface area contributed by atoms with Gasteiger partial charge in [0.05, 0.1) is 12.1 Å². The third kappa shape index (κ3) is 1.86. The molecule has 20 heavy (non-hydrogen) atoms. The van der Waals surface area contributed by atoms with Gasteiger partial charge in [-0.15, -0.1) is 0 Å². The molecule has 3 N–H and O–H groups in total. The minimum Gasteiger partial charge on any atom is -0.394 e. The third-order valence-electron chi connectivity index (χ3n) is 3.97. The molecule has 0 aliphatic carbocycles. The van der Waals surface area contributed by atoms with Crippen molar-refractivity contribution >= 4 is 22.5 Å². The standard InChI is InChI=1S/C14H16ClNO4/c1-14(19)11(7-17)20-13(12(14)18)16-6-5-8-9(15)3-2-4-10(8)16/h2-6,11-13,17-19H,7H2,1H3/t11-,12+,13-,14-/m1/s1. The van der Waals surface area contributed by atoms with E-state index in [9.17, 15) is 15.3 Å². The predicted molar refractivity (Wildman–Crippen MR) is 74.6 cm³/mol. The van der Waals surface area contributed by atoms with Crippen molar-refractivity contribution in [1.29, 1.82) is 0 Å². The highest BCUT2D eigenvalue weighted by molar-refractivity contribution is 6.35. The molecule has 0 bridgehead atoms. The molecule has 3 rings (SSSR count). The summed E-state index contributed by atoms with van der Waals surface area (Å²) in [5.74, 6) is 0. The number of ether oxygens (including phenoxy) is 1. The first-order valence-corrected chi connectivity index (χ1v) is 6.76. The molecule has 0 saturated carbocycles. The zero-order valence-electron chi connectivity index (χ0n) is 10.9. The number of aliphatic hydroxyl groups is 3. The number of hydrogen-bond acceptors (Lipinski definition) is 4. The first-order chi connectivity index (χ1) is 9.46. The van der Waals surface area contributed by atoms with Gasteiger partial charge in [0.1, 0.15) is 17.8 Å². The first-order valence-electron chi connectivity index (χ1n) is 6.38. The van der Waals surface area contributed by atoms with E-state index in [1.807, 2.05) is 18.2 Å². The average molecular weight is 298 g/mol. The number of halogens is 1. The number of rotatable bonds is 2. The molecule has 2 heterocycles. The Hall–Kier alpha value is -1.11. The van der Waals surface area contributed by atoms with Gasteiger partial charge in [-0.2, -0.15) is 0 Å². The van der Waals surface area contributed by atoms with Crippen LogP contribution in [0.25, 0.3) is 10.9 Å². The van der Waals surface area contributed by atoms with Gasteiger partial charge in [-0.05, 0) is 25.1 Å². The van der Waals surface area contributed by atoms with Crippen molar-refractivity contribution in [2.45, 2.75) is 31.0 Å². The number of hydrogen-bond donors (Lipinski definition) is 3. The van der Waals surface area contributed by atoms with Crippen LogP contribution in [0.3, 0.4) is 0 Å². The average Bonchev–Trinajstić information content (AvgIpc) is 2.92. The lowest BCUT2D eigenvalue weighted by Crippen LogP contribution is -2.46. The Labute approximate surface area is 121 Å². The van der Waals surface area contributed by atoms with E-state index in [4.69, 9.17) is 16.3 Å². The van der Waals surface area contributed by atoms with E-state index < -0.39 is 24.0 Å². The van der Waals surface area contributed by atoms with E-state index in [0.717, 1.165) is 10.9 Å². The highest BCUT2D eigenvalue weighted by Gasteiger charge is 2.52. The zero-order chi connectivity index (χ0) is 14.5. The summed E-state index contributed by atoms with van der Waals surface area (Å²) in [5.41, 5.74) is -0.704. The minimum atomic E-state index is -1.51. The summed E-state index contributed by atoms with van der Waals surface area (Å²) in [6.07, 6.45) is -0.994. The molecule has 108 valence electrons. The molecular formula is C14H16ClNO4. The summed E-state index contributed by atoms with van der Waals surface area (Å²) < 4.78 is 7.32. The van der Waals surface area contributed by atoms with E-state index >= 15 is 0 Å². The van der Waals surface area contributed by atoms with Gasteiger partial charge in [-0.25, -0.2) is 0 Å². The molecule has 6 heteroatoms. The summed E-state index contributed by atoms with van der Waals surface area (Å²) >= 11 is 6.12. The molecule has 2 aromatic rings. The SMILES string of the molecule is C[C@@]1(O)[C@@H](CO)O[C@@H](n2ccc3c(Cl)cccc32)[C@@H]1O. The monoisotopic (exact) mass is 297 g/mol. The van der Waals surface area contributed by atoms with Crippen molar-refractivity contribution in [2.75, 3.05) is 6.61 Å². The van der Waals surface area contributed by atoms with Gasteiger partial charge in [0.25, 0.3) is 0 Å². The van der Waals surface area contributed by atoms with E-state index in [1.165, 1.54) is 6.92 Å². The molecule has 1 aliphatic heterocycles. The molecule has 1 fully saturated rings. The lowest BCUT2D eigenvalue weighted by molar-refractivity contribution is -0.0804. The summed E-state index contributed by atoms with van der Waals surface area (Å²) in [7, 11) is 0. The Morgan fingerprint density at radius 1 is 1.40 bits per heavy atom. The summed E-state index contributed by atoms with van der Waals surface area (Å²) in [5, 5.41) is 31.2. The molecule has 1 saturated heterocycles. The molecule has 0 unspecified atom stereocenters. The fraction of sp³-hybridized carbons (Fsp3) is 0.429. The van der Waals surface area contributed by atoms with Gasteiger partial charge in [0.2, 0.25) is 0 Å². The molecule has 4 atom stereocenters. The Morgan fingerprint density at radius 3 is 2.80 bits per heavy atom. The summed E-state index contributed by atoms with van der Waals surface area (Å²) in [6, 6.07) is 7.28. The lowest BCUT2D eigenvalue weighted by Gasteiger charge is -2.25. The second kappa shape index (κ2) is 4.72. The topological polar surface area (TPSA) is 74.8 Å². The van der Waals surface area contributed by atoms with Gasteiger partial charge in [0.15, 0.2) is 6.23 Å². The molecule has 1 aromatic heterocycles. The summed E-state index contributed by atoms with van der Waals surface area (Å²) in [4.78, 5) is 0. The molecular weight excluding hydrogens is 282 g/mol. The highest BCUT2D eigenvalue weighted by Crippen LogP contribution is 2.39. The van der Waals surface area contributed by atoms with Crippen LogP contribution < -0.4 is 0 Å². The van der Waals surface area contributed by atoms with Crippen molar-refractivity contribution in [1.82, 2.24) is 4.57 Å². The van der Waals surface area contributed by atoms with Crippen LogP contribution in [-0.4, -0.2) is 44.3 Å². The quantitative estimate of drug-likeness (QED) is 0.781. The van der Waals surface area contributed by atoms with Crippen LogP contribution in [0.4, 0.5) is 0 Å². The largest absolute Gasteiger partial charge is 0.394 e. The van der Waals surface area contributed by atoms with Crippen molar-refractivity contribution in [3.63, 3.8) is 0 Å². The Kier molecular flexibility index (Phi) is 3.27. The Morgan fingerprint density at radius 2 is 2.15 bits per heavy atom. The minimum absolute atomic E-state index is 0.361. The second-order valence-electron chi connectivity index (χ2n) is 5.26. The van der Waals surface area contributed by atoms with E-state index in [-0.39, 0.29) is 6.61 Å². The van der Waals surface area contributed by atoms with Gasteiger partial charge >= 0.3 is 0 Å². The molecule has 0 amide bonds. The van der Waals surface area contributed by atoms with Gasteiger partial charge in [-0.3, -0.25) is 0 Å². The number of aromatic nitrogens is 1. The maximum Gasteiger partial charge on any atom is 0.163 e. The Balaban J connectivity index is 2.06. The number of nitrogens with zero attached hydrogens (tertiary/aromatic N) is 1. The Bertz CT molecular complexity index is 639. The smallest absolute Gasteiger partial charge is 0.163 e. The molecule has 0 radical (unpaired) electrons. The van der Waals surface area contributed by atoms with Crippen molar-refractivity contribution in [2.24, 2.45) is 0 Å². The van der Waals surface area contributed by atoms with Crippen molar-refractivity contribution < 1.29 is 20.1 Å². The van der Waals surface area contributed by atoms with Crippen LogP contribution in [0.5, 0.6) is 0 Å². The molecule has 1 aliphatic rings. The molecule has 1 aromatic carbocycles. The second-order valence-corrected chi connectivity index (χ2v) is 5.67. The van der Waals surface area contributed by atoms with Crippen molar-refractivity contribution in [3.8, 4) is 0 Å². The maximum atomic E-state index is 10.3.